The molecule has 0 aromatic heterocycles. The van der Waals surface area contributed by atoms with Gasteiger partial charge in [-0.15, -0.1) is 0 Å². The number of benzene rings is 1. The third kappa shape index (κ3) is 4.02. The lowest BCUT2D eigenvalue weighted by Crippen LogP contribution is -2.50. The van der Waals surface area contributed by atoms with Crippen molar-refractivity contribution >= 4 is 17.7 Å². The van der Waals surface area contributed by atoms with Crippen LogP contribution in [0.15, 0.2) is 18.2 Å². The summed E-state index contributed by atoms with van der Waals surface area (Å²) < 4.78 is 5.89. The number of fused-ring (bicyclic) bond motifs is 1. The van der Waals surface area contributed by atoms with Gasteiger partial charge in [0.1, 0.15) is 5.75 Å². The summed E-state index contributed by atoms with van der Waals surface area (Å²) >= 11 is 2.00. The van der Waals surface area contributed by atoms with E-state index < -0.39 is 0 Å². The zero-order chi connectivity index (χ0) is 17.9. The second-order valence-electron chi connectivity index (χ2n) is 7.64. The predicted molar refractivity (Wildman–Crippen MR) is 106 cm³/mol. The molecule has 3 aliphatic rings. The van der Waals surface area contributed by atoms with Crippen LogP contribution in [0.25, 0.3) is 0 Å². The van der Waals surface area contributed by atoms with Crippen molar-refractivity contribution in [3.8, 4) is 5.75 Å². The SMILES string of the molecule is CC1NNCC1N(CC1CCCS1)C(=O)COc1ccc2c(c1)CCC2. The van der Waals surface area contributed by atoms with Crippen molar-refractivity contribution in [2.24, 2.45) is 0 Å². The first kappa shape index (κ1) is 18.1. The first-order valence-electron chi connectivity index (χ1n) is 9.85. The van der Waals surface area contributed by atoms with Crippen LogP contribution in [0.3, 0.4) is 0 Å². The first-order valence-corrected chi connectivity index (χ1v) is 10.9. The standard InChI is InChI=1S/C20H29N3O2S/c1-14-19(11-21-22-14)23(12-18-6-3-9-26-18)20(24)13-25-17-8-7-15-4-2-5-16(15)10-17/h7-8,10,14,18-19,21-22H,2-6,9,11-13H2,1H3. The van der Waals surface area contributed by atoms with Crippen LogP contribution in [0, 0.1) is 0 Å². The number of hydrogen-bond acceptors (Lipinski definition) is 5. The van der Waals surface area contributed by atoms with Gasteiger partial charge in [0.15, 0.2) is 6.61 Å². The molecule has 4 rings (SSSR count). The number of carbonyl (C=O) groups is 1. The summed E-state index contributed by atoms with van der Waals surface area (Å²) in [5, 5.41) is 0.562. The normalized spacial score (nSPS) is 27.5. The largest absolute Gasteiger partial charge is 0.484 e. The van der Waals surface area contributed by atoms with Crippen LogP contribution in [-0.4, -0.2) is 53.6 Å². The zero-order valence-electron chi connectivity index (χ0n) is 15.5. The maximum Gasteiger partial charge on any atom is 0.260 e. The zero-order valence-corrected chi connectivity index (χ0v) is 16.3. The van der Waals surface area contributed by atoms with Crippen LogP contribution in [0.2, 0.25) is 0 Å². The molecule has 2 saturated heterocycles. The molecule has 1 aliphatic carbocycles. The van der Waals surface area contributed by atoms with Gasteiger partial charge >= 0.3 is 0 Å². The summed E-state index contributed by atoms with van der Waals surface area (Å²) in [6.07, 6.45) is 6.00. The quantitative estimate of drug-likeness (QED) is 0.798. The van der Waals surface area contributed by atoms with Gasteiger partial charge in [0.05, 0.1) is 6.04 Å². The summed E-state index contributed by atoms with van der Waals surface area (Å²) in [4.78, 5) is 15.1. The fourth-order valence-corrected chi connectivity index (χ4v) is 5.54. The number of thioether (sulfide) groups is 1. The lowest BCUT2D eigenvalue weighted by atomic mass is 10.1. The van der Waals surface area contributed by atoms with Crippen molar-refractivity contribution < 1.29 is 9.53 Å². The van der Waals surface area contributed by atoms with Crippen LogP contribution < -0.4 is 15.6 Å². The molecule has 0 bridgehead atoms. The molecule has 0 saturated carbocycles. The Morgan fingerprint density at radius 3 is 2.96 bits per heavy atom. The number of hydrogen-bond donors (Lipinski definition) is 2. The van der Waals surface area contributed by atoms with Gasteiger partial charge < -0.3 is 9.64 Å². The summed E-state index contributed by atoms with van der Waals surface area (Å²) in [6.45, 7) is 3.88. The van der Waals surface area contributed by atoms with Gasteiger partial charge in [-0.2, -0.15) is 11.8 Å². The van der Waals surface area contributed by atoms with E-state index in [0.29, 0.717) is 5.25 Å². The number of nitrogens with zero attached hydrogens (tertiary/aromatic N) is 1. The Labute approximate surface area is 160 Å². The van der Waals surface area contributed by atoms with Gasteiger partial charge in [0.25, 0.3) is 5.91 Å². The fraction of sp³-hybridized carbons (Fsp3) is 0.650. The van der Waals surface area contributed by atoms with E-state index in [1.807, 2.05) is 22.7 Å². The lowest BCUT2D eigenvalue weighted by Gasteiger charge is -2.32. The van der Waals surface area contributed by atoms with E-state index in [2.05, 4.69) is 29.9 Å². The minimum Gasteiger partial charge on any atom is -0.484 e. The van der Waals surface area contributed by atoms with E-state index in [1.165, 1.54) is 42.6 Å². The molecular formula is C20H29N3O2S. The summed E-state index contributed by atoms with van der Waals surface area (Å²) in [7, 11) is 0. The summed E-state index contributed by atoms with van der Waals surface area (Å²) in [5.41, 5.74) is 9.25. The van der Waals surface area contributed by atoms with Crippen LogP contribution in [0.4, 0.5) is 0 Å². The van der Waals surface area contributed by atoms with Crippen LogP contribution in [0.5, 0.6) is 5.75 Å². The van der Waals surface area contributed by atoms with E-state index in [-0.39, 0.29) is 24.6 Å². The second-order valence-corrected chi connectivity index (χ2v) is 9.04. The Morgan fingerprint density at radius 1 is 1.31 bits per heavy atom. The van der Waals surface area contributed by atoms with E-state index in [9.17, 15) is 4.79 Å². The Morgan fingerprint density at radius 2 is 2.19 bits per heavy atom. The highest BCUT2D eigenvalue weighted by Crippen LogP contribution is 2.28. The number of ether oxygens (including phenoxy) is 1. The van der Waals surface area contributed by atoms with Gasteiger partial charge in [-0.05, 0) is 68.0 Å². The molecule has 3 unspecified atom stereocenters. The highest BCUT2D eigenvalue weighted by atomic mass is 32.2. The smallest absolute Gasteiger partial charge is 0.260 e. The number of hydrazine groups is 1. The lowest BCUT2D eigenvalue weighted by molar-refractivity contribution is -0.135. The van der Waals surface area contributed by atoms with Crippen LogP contribution in [-0.2, 0) is 17.6 Å². The highest BCUT2D eigenvalue weighted by molar-refractivity contribution is 8.00. The van der Waals surface area contributed by atoms with Gasteiger partial charge in [0, 0.05) is 24.4 Å². The van der Waals surface area contributed by atoms with Gasteiger partial charge in [0.2, 0.25) is 0 Å². The average Bonchev–Trinajstić information content (AvgIpc) is 3.39. The van der Waals surface area contributed by atoms with E-state index in [1.54, 1.807) is 0 Å². The van der Waals surface area contributed by atoms with E-state index >= 15 is 0 Å². The molecule has 1 aromatic rings. The molecule has 142 valence electrons. The van der Waals surface area contributed by atoms with Gasteiger partial charge in [-0.25, -0.2) is 0 Å². The van der Waals surface area contributed by atoms with Crippen LogP contribution >= 0.6 is 11.8 Å². The number of rotatable bonds is 6. The molecule has 2 heterocycles. The van der Waals surface area contributed by atoms with Crippen molar-refractivity contribution in [2.75, 3.05) is 25.4 Å². The Bertz CT molecular complexity index is 648. The third-order valence-corrected chi connectivity index (χ3v) is 7.18. The summed E-state index contributed by atoms with van der Waals surface area (Å²) in [5.74, 6) is 2.14. The topological polar surface area (TPSA) is 53.6 Å². The molecule has 1 amide bonds. The maximum atomic E-state index is 13.0. The molecule has 2 aliphatic heterocycles. The number of nitrogens with one attached hydrogen (secondary N) is 2. The molecule has 3 atom stereocenters. The molecule has 26 heavy (non-hydrogen) atoms. The minimum atomic E-state index is 0.0975. The van der Waals surface area contributed by atoms with Gasteiger partial charge in [-0.1, -0.05) is 6.07 Å². The van der Waals surface area contributed by atoms with Crippen molar-refractivity contribution in [3.05, 3.63) is 29.3 Å². The summed E-state index contributed by atoms with van der Waals surface area (Å²) in [6, 6.07) is 6.73. The number of carbonyl (C=O) groups excluding carboxylic acids is 1. The molecule has 0 spiro atoms. The van der Waals surface area contributed by atoms with Gasteiger partial charge in [-0.3, -0.25) is 15.6 Å². The Kier molecular flexibility index (Phi) is 5.72. The Balaban J connectivity index is 1.40. The average molecular weight is 376 g/mol. The minimum absolute atomic E-state index is 0.0975. The van der Waals surface area contributed by atoms with Crippen LogP contribution in [0.1, 0.15) is 37.3 Å². The first-order chi connectivity index (χ1) is 12.7. The monoisotopic (exact) mass is 375 g/mol. The number of aryl methyl sites for hydroxylation is 2. The number of amides is 1. The highest BCUT2D eigenvalue weighted by Gasteiger charge is 2.34. The van der Waals surface area contributed by atoms with Crippen molar-refractivity contribution in [1.82, 2.24) is 15.8 Å². The molecule has 2 fully saturated rings. The third-order valence-electron chi connectivity index (χ3n) is 5.80. The van der Waals surface area contributed by atoms with Crippen molar-refractivity contribution in [2.45, 2.75) is 56.4 Å². The van der Waals surface area contributed by atoms with E-state index in [0.717, 1.165) is 25.3 Å². The molecule has 5 nitrogen and oxygen atoms in total. The van der Waals surface area contributed by atoms with Crippen molar-refractivity contribution in [1.29, 1.82) is 0 Å². The second kappa shape index (κ2) is 8.19. The predicted octanol–water partition coefficient (Wildman–Crippen LogP) is 2.14. The molecule has 2 N–H and O–H groups in total. The van der Waals surface area contributed by atoms with E-state index in [4.69, 9.17) is 4.74 Å². The Hall–Kier alpha value is -1.24. The maximum absolute atomic E-state index is 13.0. The molecular weight excluding hydrogens is 346 g/mol. The fourth-order valence-electron chi connectivity index (χ4n) is 4.27. The molecule has 0 radical (unpaired) electrons. The van der Waals surface area contributed by atoms with Crippen molar-refractivity contribution in [3.63, 3.8) is 0 Å². The molecule has 1 aromatic carbocycles. The molecule has 6 heteroatoms.